The van der Waals surface area contributed by atoms with Crippen molar-refractivity contribution in [1.82, 2.24) is 5.43 Å². The number of nitrogens with one attached hydrogen (secondary N) is 1. The van der Waals surface area contributed by atoms with Gasteiger partial charge in [0.15, 0.2) is 0 Å². The van der Waals surface area contributed by atoms with Crippen molar-refractivity contribution in [3.8, 4) is 0 Å². The third-order valence-electron chi connectivity index (χ3n) is 3.16. The number of halogens is 3. The van der Waals surface area contributed by atoms with E-state index in [0.717, 1.165) is 15.6 Å². The van der Waals surface area contributed by atoms with E-state index in [2.05, 4.69) is 21.4 Å². The van der Waals surface area contributed by atoms with Crippen LogP contribution in [0.5, 0.6) is 0 Å². The summed E-state index contributed by atoms with van der Waals surface area (Å²) in [6, 6.07) is 10.4. The second-order valence-electron chi connectivity index (χ2n) is 4.68. The SMILES string of the molecule is Cc1ccc(C(Cc2cc(Br)ccc2F)NN)c(Cl)c1. The van der Waals surface area contributed by atoms with Gasteiger partial charge in [-0.15, -0.1) is 0 Å². The van der Waals surface area contributed by atoms with Gasteiger partial charge in [-0.1, -0.05) is 39.7 Å². The highest BCUT2D eigenvalue weighted by Crippen LogP contribution is 2.28. The number of hydrogen-bond donors (Lipinski definition) is 2. The van der Waals surface area contributed by atoms with Gasteiger partial charge in [0.2, 0.25) is 0 Å². The molecule has 0 aliphatic carbocycles. The summed E-state index contributed by atoms with van der Waals surface area (Å²) in [6.07, 6.45) is 0.421. The molecular formula is C15H15BrClFN2. The molecule has 0 heterocycles. The zero-order chi connectivity index (χ0) is 14.7. The molecule has 0 aromatic heterocycles. The molecule has 106 valence electrons. The number of rotatable bonds is 4. The van der Waals surface area contributed by atoms with Crippen LogP contribution in [0.3, 0.4) is 0 Å². The highest BCUT2D eigenvalue weighted by atomic mass is 79.9. The number of nitrogens with two attached hydrogens (primary N) is 1. The Morgan fingerprint density at radius 3 is 2.70 bits per heavy atom. The summed E-state index contributed by atoms with van der Waals surface area (Å²) in [4.78, 5) is 0. The topological polar surface area (TPSA) is 38.0 Å². The molecule has 0 bridgehead atoms. The van der Waals surface area contributed by atoms with Gasteiger partial charge in [0.25, 0.3) is 0 Å². The Labute approximate surface area is 131 Å². The van der Waals surface area contributed by atoms with Crippen LogP contribution in [0.15, 0.2) is 40.9 Å². The molecule has 0 fully saturated rings. The van der Waals surface area contributed by atoms with Crippen molar-refractivity contribution in [2.75, 3.05) is 0 Å². The molecule has 1 atom stereocenters. The summed E-state index contributed by atoms with van der Waals surface area (Å²) in [7, 11) is 0. The Kier molecular flexibility index (Phi) is 5.16. The molecule has 0 saturated heterocycles. The quantitative estimate of drug-likeness (QED) is 0.632. The van der Waals surface area contributed by atoms with Crippen molar-refractivity contribution in [2.45, 2.75) is 19.4 Å². The highest BCUT2D eigenvalue weighted by molar-refractivity contribution is 9.10. The summed E-state index contributed by atoms with van der Waals surface area (Å²) in [5.74, 6) is 5.35. The van der Waals surface area contributed by atoms with E-state index in [-0.39, 0.29) is 11.9 Å². The van der Waals surface area contributed by atoms with Crippen LogP contribution in [0.4, 0.5) is 4.39 Å². The van der Waals surface area contributed by atoms with Crippen LogP contribution < -0.4 is 11.3 Å². The van der Waals surface area contributed by atoms with Gasteiger partial charge >= 0.3 is 0 Å². The minimum atomic E-state index is -0.253. The first kappa shape index (κ1) is 15.4. The fraction of sp³-hybridized carbons (Fsp3) is 0.200. The molecule has 20 heavy (non-hydrogen) atoms. The van der Waals surface area contributed by atoms with E-state index in [4.69, 9.17) is 17.4 Å². The van der Waals surface area contributed by atoms with Crippen molar-refractivity contribution in [3.05, 3.63) is 68.4 Å². The lowest BCUT2D eigenvalue weighted by atomic mass is 9.98. The Balaban J connectivity index is 2.31. The summed E-state index contributed by atoms with van der Waals surface area (Å²) in [5.41, 5.74) is 5.22. The molecule has 2 aromatic carbocycles. The van der Waals surface area contributed by atoms with E-state index >= 15 is 0 Å². The molecule has 0 spiro atoms. The average Bonchev–Trinajstić information content (AvgIpc) is 2.40. The molecule has 2 nitrogen and oxygen atoms in total. The largest absolute Gasteiger partial charge is 0.271 e. The van der Waals surface area contributed by atoms with Crippen LogP contribution >= 0.6 is 27.5 Å². The Hall–Kier alpha value is -0.940. The van der Waals surface area contributed by atoms with Gasteiger partial charge in [-0.3, -0.25) is 11.3 Å². The monoisotopic (exact) mass is 356 g/mol. The number of aryl methyl sites for hydroxylation is 1. The minimum Gasteiger partial charge on any atom is -0.271 e. The molecule has 0 radical (unpaired) electrons. The average molecular weight is 358 g/mol. The molecule has 0 aliphatic heterocycles. The van der Waals surface area contributed by atoms with Gasteiger partial charge < -0.3 is 0 Å². The molecule has 3 N–H and O–H groups in total. The molecule has 0 aliphatic rings. The van der Waals surface area contributed by atoms with Gasteiger partial charge in [-0.25, -0.2) is 4.39 Å². The van der Waals surface area contributed by atoms with E-state index in [1.165, 1.54) is 6.07 Å². The number of benzene rings is 2. The maximum atomic E-state index is 13.8. The number of hydrogen-bond acceptors (Lipinski definition) is 2. The van der Waals surface area contributed by atoms with Crippen molar-refractivity contribution in [3.63, 3.8) is 0 Å². The van der Waals surface area contributed by atoms with Gasteiger partial charge in [-0.2, -0.15) is 0 Å². The van der Waals surface area contributed by atoms with Crippen LogP contribution in [0.1, 0.15) is 22.7 Å². The van der Waals surface area contributed by atoms with Crippen molar-refractivity contribution in [1.29, 1.82) is 0 Å². The Morgan fingerprint density at radius 2 is 2.05 bits per heavy atom. The first-order chi connectivity index (χ1) is 9.51. The first-order valence-electron chi connectivity index (χ1n) is 6.17. The van der Waals surface area contributed by atoms with Crippen LogP contribution in [0.2, 0.25) is 5.02 Å². The normalized spacial score (nSPS) is 12.4. The van der Waals surface area contributed by atoms with Gasteiger partial charge in [0.05, 0.1) is 6.04 Å². The summed E-state index contributed by atoms with van der Waals surface area (Å²) in [6.45, 7) is 1.97. The van der Waals surface area contributed by atoms with E-state index in [0.29, 0.717) is 17.0 Å². The second kappa shape index (κ2) is 6.68. The lowest BCUT2D eigenvalue weighted by Gasteiger charge is -2.18. The van der Waals surface area contributed by atoms with E-state index in [1.54, 1.807) is 12.1 Å². The van der Waals surface area contributed by atoms with Crippen molar-refractivity contribution < 1.29 is 4.39 Å². The molecule has 0 saturated carbocycles. The number of hydrazine groups is 1. The van der Waals surface area contributed by atoms with E-state index in [1.807, 2.05) is 25.1 Å². The van der Waals surface area contributed by atoms with E-state index < -0.39 is 0 Å². The summed E-state index contributed by atoms with van der Waals surface area (Å²) >= 11 is 9.59. The third-order valence-corrected chi connectivity index (χ3v) is 3.98. The van der Waals surface area contributed by atoms with Gasteiger partial charge in [0, 0.05) is 9.50 Å². The Bertz CT molecular complexity index is 619. The highest BCUT2D eigenvalue weighted by Gasteiger charge is 2.16. The van der Waals surface area contributed by atoms with Crippen molar-refractivity contribution in [2.24, 2.45) is 5.84 Å². The molecule has 2 rings (SSSR count). The molecule has 0 amide bonds. The lowest BCUT2D eigenvalue weighted by molar-refractivity contribution is 0.529. The second-order valence-corrected chi connectivity index (χ2v) is 6.01. The third kappa shape index (κ3) is 3.58. The van der Waals surface area contributed by atoms with E-state index in [9.17, 15) is 4.39 Å². The standard InChI is InChI=1S/C15H15BrClFN2/c1-9-2-4-12(13(17)6-9)15(20-19)8-10-7-11(16)3-5-14(10)18/h2-7,15,20H,8,19H2,1H3. The fourth-order valence-corrected chi connectivity index (χ4v) is 2.87. The molecule has 5 heteroatoms. The lowest BCUT2D eigenvalue weighted by Crippen LogP contribution is -2.30. The van der Waals surface area contributed by atoms with Crippen LogP contribution in [-0.4, -0.2) is 0 Å². The van der Waals surface area contributed by atoms with Crippen molar-refractivity contribution >= 4 is 27.5 Å². The van der Waals surface area contributed by atoms with Gasteiger partial charge in [0.1, 0.15) is 5.82 Å². The summed E-state index contributed by atoms with van der Waals surface area (Å²) < 4.78 is 14.7. The van der Waals surface area contributed by atoms with Crippen LogP contribution in [-0.2, 0) is 6.42 Å². The maximum absolute atomic E-state index is 13.8. The van der Waals surface area contributed by atoms with Gasteiger partial charge in [-0.05, 0) is 54.3 Å². The molecule has 2 aromatic rings. The molecular weight excluding hydrogens is 343 g/mol. The first-order valence-corrected chi connectivity index (χ1v) is 7.34. The predicted molar refractivity (Wildman–Crippen MR) is 84.1 cm³/mol. The zero-order valence-electron chi connectivity index (χ0n) is 11.0. The molecule has 1 unspecified atom stereocenters. The zero-order valence-corrected chi connectivity index (χ0v) is 13.3. The maximum Gasteiger partial charge on any atom is 0.126 e. The smallest absolute Gasteiger partial charge is 0.126 e. The Morgan fingerprint density at radius 1 is 1.30 bits per heavy atom. The minimum absolute atomic E-state index is 0.244. The van der Waals surface area contributed by atoms with Crippen LogP contribution in [0, 0.1) is 12.7 Å². The van der Waals surface area contributed by atoms with Crippen LogP contribution in [0.25, 0.3) is 0 Å². The predicted octanol–water partition coefficient (Wildman–Crippen LogP) is 4.30. The summed E-state index contributed by atoms with van der Waals surface area (Å²) in [5, 5.41) is 0.628. The fourth-order valence-electron chi connectivity index (χ4n) is 2.09.